The van der Waals surface area contributed by atoms with Crippen LogP contribution in [0.5, 0.6) is 0 Å². The monoisotopic (exact) mass is 452 g/mol. The van der Waals surface area contributed by atoms with E-state index in [4.69, 9.17) is 11.5 Å². The molecular weight excluding hydrogens is 412 g/mol. The van der Waals surface area contributed by atoms with E-state index in [0.717, 1.165) is 46.9 Å². The van der Waals surface area contributed by atoms with Gasteiger partial charge in [-0.2, -0.15) is 0 Å². The Hall–Kier alpha value is -1.96. The molecule has 8 saturated carbocycles. The van der Waals surface area contributed by atoms with Gasteiger partial charge in [0, 0.05) is 16.8 Å². The second-order valence-electron chi connectivity index (χ2n) is 13.9. The van der Waals surface area contributed by atoms with Crippen LogP contribution in [0.1, 0.15) is 81.8 Å². The molecule has 8 fully saturated rings. The van der Waals surface area contributed by atoms with E-state index in [1.54, 1.807) is 11.1 Å². The Balaban J connectivity index is 1.42. The molecule has 2 aromatic rings. The number of benzene rings is 2. The average Bonchev–Trinajstić information content (AvgIpc) is 2.80. The summed E-state index contributed by atoms with van der Waals surface area (Å²) in [5.41, 5.74) is 18.5. The van der Waals surface area contributed by atoms with Crippen LogP contribution in [0.4, 0.5) is 11.4 Å². The molecule has 0 saturated heterocycles. The van der Waals surface area contributed by atoms with E-state index in [9.17, 15) is 0 Å². The van der Waals surface area contributed by atoms with E-state index in [-0.39, 0.29) is 5.41 Å². The Morgan fingerprint density at radius 1 is 0.500 bits per heavy atom. The summed E-state index contributed by atoms with van der Waals surface area (Å²) in [4.78, 5) is 0. The van der Waals surface area contributed by atoms with Gasteiger partial charge in [0.25, 0.3) is 0 Å². The molecule has 2 unspecified atom stereocenters. The lowest BCUT2D eigenvalue weighted by molar-refractivity contribution is -0.234. The molecule has 2 atom stereocenters. The zero-order chi connectivity index (χ0) is 22.7. The first kappa shape index (κ1) is 20.3. The fraction of sp³-hybridized carbons (Fsp3) is 0.625. The third-order valence-electron chi connectivity index (χ3n) is 12.3. The van der Waals surface area contributed by atoms with Gasteiger partial charge in [-0.15, -0.1) is 0 Å². The first-order chi connectivity index (χ1) is 16.5. The van der Waals surface area contributed by atoms with E-state index in [1.807, 2.05) is 0 Å². The molecule has 0 radical (unpaired) electrons. The summed E-state index contributed by atoms with van der Waals surface area (Å²) >= 11 is 0. The highest BCUT2D eigenvalue weighted by Gasteiger charge is 2.74. The molecule has 10 rings (SSSR count). The summed E-state index contributed by atoms with van der Waals surface area (Å²) in [6.45, 7) is 0. The summed E-state index contributed by atoms with van der Waals surface area (Å²) in [6, 6.07) is 18.5. The van der Waals surface area contributed by atoms with Crippen molar-refractivity contribution in [3.05, 3.63) is 59.7 Å². The lowest BCUT2D eigenvalue weighted by Crippen LogP contribution is -2.71. The lowest BCUT2D eigenvalue weighted by atomic mass is 9.27. The number of rotatable bonds is 3. The SMILES string of the molecule is Nc1ccc(C2(c3ccc(N)cc3)C3CC4CC(C3)CC2(C23CC5CC(CC(C5)C2)C3)C4)cc1. The molecule has 0 aliphatic heterocycles. The van der Waals surface area contributed by atoms with Crippen LogP contribution in [0.15, 0.2) is 48.5 Å². The van der Waals surface area contributed by atoms with Crippen LogP contribution in [0.25, 0.3) is 0 Å². The van der Waals surface area contributed by atoms with Gasteiger partial charge in [0.2, 0.25) is 0 Å². The van der Waals surface area contributed by atoms with E-state index in [2.05, 4.69) is 48.5 Å². The molecule has 0 spiro atoms. The summed E-state index contributed by atoms with van der Waals surface area (Å²) < 4.78 is 0. The third kappa shape index (κ3) is 2.39. The Kier molecular flexibility index (Phi) is 3.94. The van der Waals surface area contributed by atoms with Crippen molar-refractivity contribution in [1.29, 1.82) is 0 Å². The molecule has 178 valence electrons. The maximum Gasteiger partial charge on any atom is 0.0314 e. The van der Waals surface area contributed by atoms with Crippen LogP contribution in [-0.4, -0.2) is 0 Å². The quantitative estimate of drug-likeness (QED) is 0.485. The van der Waals surface area contributed by atoms with Crippen LogP contribution < -0.4 is 11.5 Å². The maximum atomic E-state index is 6.27. The topological polar surface area (TPSA) is 52.0 Å². The molecule has 8 aliphatic rings. The van der Waals surface area contributed by atoms with Crippen LogP contribution in [-0.2, 0) is 5.41 Å². The number of nitrogens with two attached hydrogens (primary N) is 2. The fourth-order valence-corrected chi connectivity index (χ4v) is 12.3. The van der Waals surface area contributed by atoms with Gasteiger partial charge in [0.05, 0.1) is 0 Å². The molecule has 2 aromatic carbocycles. The number of hydrogen-bond donors (Lipinski definition) is 2. The fourth-order valence-electron chi connectivity index (χ4n) is 12.3. The summed E-state index contributed by atoms with van der Waals surface area (Å²) in [6.07, 6.45) is 16.4. The minimum Gasteiger partial charge on any atom is -0.399 e. The van der Waals surface area contributed by atoms with Crippen LogP contribution in [0, 0.1) is 46.3 Å². The minimum absolute atomic E-state index is 0.105. The van der Waals surface area contributed by atoms with E-state index < -0.39 is 0 Å². The number of anilines is 2. The first-order valence-corrected chi connectivity index (χ1v) is 14.2. The molecular formula is C32H40N2. The van der Waals surface area contributed by atoms with Gasteiger partial charge in [-0.3, -0.25) is 0 Å². The van der Waals surface area contributed by atoms with Crippen LogP contribution in [0.2, 0.25) is 0 Å². The second kappa shape index (κ2) is 6.62. The highest BCUT2D eigenvalue weighted by molar-refractivity contribution is 5.53. The van der Waals surface area contributed by atoms with Gasteiger partial charge in [-0.25, -0.2) is 0 Å². The molecule has 2 heteroatoms. The van der Waals surface area contributed by atoms with Gasteiger partial charge < -0.3 is 11.5 Å². The number of nitrogen functional groups attached to an aromatic ring is 2. The molecule has 4 N–H and O–H groups in total. The maximum absolute atomic E-state index is 6.27. The molecule has 8 aliphatic carbocycles. The van der Waals surface area contributed by atoms with Crippen molar-refractivity contribution in [3.8, 4) is 0 Å². The molecule has 2 nitrogen and oxygen atoms in total. The highest BCUT2D eigenvalue weighted by atomic mass is 14.8. The van der Waals surface area contributed by atoms with Gasteiger partial charge in [-0.1, -0.05) is 24.3 Å². The predicted molar refractivity (Wildman–Crippen MR) is 139 cm³/mol. The summed E-state index contributed by atoms with van der Waals surface area (Å²) in [5.74, 6) is 5.63. The standard InChI is InChI=1S/C32H40N2/c33-28-5-1-25(2-6-28)32(26-3-7-29(34)8-4-26)27-13-23-12-24(14-27)19-31(32,18-23)30-15-20-9-21(16-30)11-22(10-20)17-30/h1-8,20-24,27H,9-19,33-34H2. The van der Waals surface area contributed by atoms with Crippen molar-refractivity contribution in [2.45, 2.75) is 76.0 Å². The summed E-state index contributed by atoms with van der Waals surface area (Å²) in [5, 5.41) is 0. The first-order valence-electron chi connectivity index (χ1n) is 14.2. The van der Waals surface area contributed by atoms with Crippen LogP contribution >= 0.6 is 0 Å². The molecule has 0 amide bonds. The predicted octanol–water partition coefficient (Wildman–Crippen LogP) is 7.18. The van der Waals surface area contributed by atoms with Crippen LogP contribution in [0.3, 0.4) is 0 Å². The van der Waals surface area contributed by atoms with Gasteiger partial charge in [0.15, 0.2) is 0 Å². The third-order valence-corrected chi connectivity index (χ3v) is 12.3. The average molecular weight is 453 g/mol. The molecule has 0 aromatic heterocycles. The van der Waals surface area contributed by atoms with Gasteiger partial charge >= 0.3 is 0 Å². The molecule has 34 heavy (non-hydrogen) atoms. The second-order valence-corrected chi connectivity index (χ2v) is 13.9. The van der Waals surface area contributed by atoms with Crippen molar-refractivity contribution in [1.82, 2.24) is 0 Å². The van der Waals surface area contributed by atoms with E-state index >= 15 is 0 Å². The Bertz CT molecular complexity index is 1020. The van der Waals surface area contributed by atoms with E-state index in [0.29, 0.717) is 10.8 Å². The highest BCUT2D eigenvalue weighted by Crippen LogP contribution is 2.81. The molecule has 0 heterocycles. The summed E-state index contributed by atoms with van der Waals surface area (Å²) in [7, 11) is 0. The Labute approximate surface area is 204 Å². The zero-order valence-corrected chi connectivity index (χ0v) is 20.5. The minimum atomic E-state index is 0.105. The van der Waals surface area contributed by atoms with Gasteiger partial charge in [-0.05, 0) is 152 Å². The lowest BCUT2D eigenvalue weighted by Gasteiger charge is -2.77. The molecule has 8 bridgehead atoms. The van der Waals surface area contributed by atoms with E-state index in [1.165, 1.54) is 70.6 Å². The van der Waals surface area contributed by atoms with Crippen molar-refractivity contribution in [2.75, 3.05) is 11.5 Å². The van der Waals surface area contributed by atoms with Crippen molar-refractivity contribution in [2.24, 2.45) is 46.3 Å². The number of hydrogen-bond acceptors (Lipinski definition) is 2. The Morgan fingerprint density at radius 3 is 1.29 bits per heavy atom. The smallest absolute Gasteiger partial charge is 0.0314 e. The normalized spacial score (nSPS) is 45.1. The van der Waals surface area contributed by atoms with Gasteiger partial charge in [0.1, 0.15) is 0 Å². The largest absolute Gasteiger partial charge is 0.399 e. The Morgan fingerprint density at radius 2 is 0.882 bits per heavy atom. The van der Waals surface area contributed by atoms with Crippen molar-refractivity contribution in [3.63, 3.8) is 0 Å². The van der Waals surface area contributed by atoms with Crippen molar-refractivity contribution >= 4 is 11.4 Å². The van der Waals surface area contributed by atoms with Crippen molar-refractivity contribution < 1.29 is 0 Å². The zero-order valence-electron chi connectivity index (χ0n) is 20.5.